The van der Waals surface area contributed by atoms with Gasteiger partial charge in [-0.05, 0) is 49.6 Å². The number of aryl methyl sites for hydroxylation is 1. The third-order valence-corrected chi connectivity index (χ3v) is 7.47. The van der Waals surface area contributed by atoms with Crippen molar-refractivity contribution in [3.63, 3.8) is 0 Å². The van der Waals surface area contributed by atoms with Crippen LogP contribution in [-0.2, 0) is 10.0 Å². The summed E-state index contributed by atoms with van der Waals surface area (Å²) in [5.41, 5.74) is 2.03. The summed E-state index contributed by atoms with van der Waals surface area (Å²) in [5.74, 6) is 1.04. The van der Waals surface area contributed by atoms with E-state index in [0.717, 1.165) is 30.9 Å². The van der Waals surface area contributed by atoms with Gasteiger partial charge in [0.25, 0.3) is 5.91 Å². The molecule has 7 nitrogen and oxygen atoms in total. The van der Waals surface area contributed by atoms with Crippen molar-refractivity contribution < 1.29 is 13.2 Å². The molecule has 2 fully saturated rings. The number of pyridine rings is 1. The van der Waals surface area contributed by atoms with Gasteiger partial charge in [-0.2, -0.15) is 0 Å². The van der Waals surface area contributed by atoms with E-state index >= 15 is 0 Å². The number of benzene rings is 1. The van der Waals surface area contributed by atoms with E-state index in [0.29, 0.717) is 37.3 Å². The van der Waals surface area contributed by atoms with Crippen LogP contribution >= 0.6 is 0 Å². The second-order valence-corrected chi connectivity index (χ2v) is 9.58. The number of amides is 1. The van der Waals surface area contributed by atoms with Crippen LogP contribution in [0.15, 0.2) is 42.6 Å². The number of aromatic nitrogens is 1. The van der Waals surface area contributed by atoms with Crippen LogP contribution in [0.25, 0.3) is 0 Å². The van der Waals surface area contributed by atoms with Crippen LogP contribution in [0.1, 0.15) is 28.8 Å². The molecule has 2 aliphatic rings. The molecule has 1 aromatic heterocycles. The summed E-state index contributed by atoms with van der Waals surface area (Å²) in [6.45, 7) is 5.04. The van der Waals surface area contributed by atoms with Gasteiger partial charge in [-0.25, -0.2) is 13.4 Å². The largest absolute Gasteiger partial charge is 0.353 e. The summed E-state index contributed by atoms with van der Waals surface area (Å²) < 4.78 is 26.5. The summed E-state index contributed by atoms with van der Waals surface area (Å²) in [4.78, 5) is 21.5. The molecule has 0 saturated carbocycles. The van der Waals surface area contributed by atoms with E-state index in [1.807, 2.05) is 36.1 Å². The minimum atomic E-state index is -3.31. The Kier molecular flexibility index (Phi) is 5.45. The van der Waals surface area contributed by atoms with Gasteiger partial charge in [0.05, 0.1) is 11.4 Å². The standard InChI is InChI=1S/C21H26N4O3S/c1-17-7-8-18(16-19(17)25-10-4-5-15-29(25,27)28)21(26)24-13-11-23(12-14-24)20-6-2-3-9-22-20/h2-3,6-9,16H,4-5,10-15H2,1H3. The Labute approximate surface area is 172 Å². The van der Waals surface area contributed by atoms with Crippen molar-refractivity contribution in [2.45, 2.75) is 19.8 Å². The molecule has 2 saturated heterocycles. The third kappa shape index (κ3) is 4.07. The normalized spacial score (nSPS) is 19.3. The topological polar surface area (TPSA) is 73.8 Å². The highest BCUT2D eigenvalue weighted by molar-refractivity contribution is 7.92. The molecule has 8 heteroatoms. The number of piperazine rings is 1. The monoisotopic (exact) mass is 414 g/mol. The van der Waals surface area contributed by atoms with E-state index in [9.17, 15) is 13.2 Å². The molecule has 1 aromatic carbocycles. The quantitative estimate of drug-likeness (QED) is 0.770. The van der Waals surface area contributed by atoms with Gasteiger partial charge in [0.2, 0.25) is 10.0 Å². The first-order valence-corrected chi connectivity index (χ1v) is 11.6. The van der Waals surface area contributed by atoms with Crippen molar-refractivity contribution in [1.29, 1.82) is 0 Å². The second kappa shape index (κ2) is 8.02. The molecule has 0 radical (unpaired) electrons. The van der Waals surface area contributed by atoms with Crippen LogP contribution in [0, 0.1) is 6.92 Å². The van der Waals surface area contributed by atoms with Gasteiger partial charge in [0.1, 0.15) is 5.82 Å². The van der Waals surface area contributed by atoms with E-state index in [1.54, 1.807) is 18.3 Å². The molecule has 3 heterocycles. The first-order valence-electron chi connectivity index (χ1n) is 10.0. The fourth-order valence-corrected chi connectivity index (χ4v) is 5.63. The van der Waals surface area contributed by atoms with E-state index in [1.165, 1.54) is 4.31 Å². The second-order valence-electron chi connectivity index (χ2n) is 7.56. The summed E-state index contributed by atoms with van der Waals surface area (Å²) in [6, 6.07) is 11.2. The van der Waals surface area contributed by atoms with Gasteiger partial charge in [0.15, 0.2) is 0 Å². The SMILES string of the molecule is Cc1ccc(C(=O)N2CCN(c3ccccn3)CC2)cc1N1CCCCS1(=O)=O. The van der Waals surface area contributed by atoms with Gasteiger partial charge in [-0.15, -0.1) is 0 Å². The Bertz CT molecular complexity index is 986. The molecule has 0 bridgehead atoms. The van der Waals surface area contributed by atoms with Gasteiger partial charge in [-0.3, -0.25) is 9.10 Å². The van der Waals surface area contributed by atoms with E-state index in [-0.39, 0.29) is 11.7 Å². The fourth-order valence-electron chi connectivity index (χ4n) is 3.93. The molecule has 2 aromatic rings. The maximum Gasteiger partial charge on any atom is 0.254 e. The maximum absolute atomic E-state index is 13.1. The lowest BCUT2D eigenvalue weighted by Crippen LogP contribution is -2.49. The average Bonchev–Trinajstić information content (AvgIpc) is 2.74. The highest BCUT2D eigenvalue weighted by Crippen LogP contribution is 2.28. The number of carbonyl (C=O) groups excluding carboxylic acids is 1. The predicted octanol–water partition coefficient (Wildman–Crippen LogP) is 2.28. The summed E-state index contributed by atoms with van der Waals surface area (Å²) in [5, 5.41) is 0. The molecule has 154 valence electrons. The first-order chi connectivity index (χ1) is 14.0. The first kappa shape index (κ1) is 19.7. The van der Waals surface area contributed by atoms with Crippen LogP contribution < -0.4 is 9.21 Å². The minimum Gasteiger partial charge on any atom is -0.353 e. The van der Waals surface area contributed by atoms with Crippen LogP contribution in [-0.4, -0.2) is 62.7 Å². The number of hydrogen-bond donors (Lipinski definition) is 0. The average molecular weight is 415 g/mol. The van der Waals surface area contributed by atoms with Crippen LogP contribution in [0.4, 0.5) is 11.5 Å². The molecule has 0 unspecified atom stereocenters. The Hall–Kier alpha value is -2.61. The summed E-state index contributed by atoms with van der Waals surface area (Å²) in [6.07, 6.45) is 3.30. The lowest BCUT2D eigenvalue weighted by Gasteiger charge is -2.35. The summed E-state index contributed by atoms with van der Waals surface area (Å²) in [7, 11) is -3.31. The summed E-state index contributed by atoms with van der Waals surface area (Å²) >= 11 is 0. The molecule has 1 amide bonds. The molecule has 0 atom stereocenters. The van der Waals surface area contributed by atoms with Crippen molar-refractivity contribution in [3.8, 4) is 0 Å². The molecule has 4 rings (SSSR count). The number of nitrogens with zero attached hydrogens (tertiary/aromatic N) is 4. The molecular formula is C21H26N4O3S. The zero-order chi connectivity index (χ0) is 20.4. The Morgan fingerprint density at radius 2 is 1.79 bits per heavy atom. The molecule has 2 aliphatic heterocycles. The van der Waals surface area contributed by atoms with Crippen molar-refractivity contribution in [3.05, 3.63) is 53.7 Å². The highest BCUT2D eigenvalue weighted by atomic mass is 32.2. The predicted molar refractivity (Wildman–Crippen MR) is 114 cm³/mol. The third-order valence-electron chi connectivity index (χ3n) is 5.61. The Morgan fingerprint density at radius 3 is 2.48 bits per heavy atom. The molecule has 0 spiro atoms. The molecule has 0 N–H and O–H groups in total. The molecule has 29 heavy (non-hydrogen) atoms. The minimum absolute atomic E-state index is 0.0543. The van der Waals surface area contributed by atoms with Gasteiger partial charge >= 0.3 is 0 Å². The maximum atomic E-state index is 13.1. The Morgan fingerprint density at radius 1 is 1.00 bits per heavy atom. The highest BCUT2D eigenvalue weighted by Gasteiger charge is 2.29. The number of rotatable bonds is 3. The van der Waals surface area contributed by atoms with Gasteiger partial charge in [-0.1, -0.05) is 12.1 Å². The van der Waals surface area contributed by atoms with E-state index in [2.05, 4.69) is 9.88 Å². The van der Waals surface area contributed by atoms with E-state index in [4.69, 9.17) is 0 Å². The Balaban J connectivity index is 1.50. The van der Waals surface area contributed by atoms with Crippen molar-refractivity contribution >= 4 is 27.4 Å². The zero-order valence-corrected chi connectivity index (χ0v) is 17.4. The van der Waals surface area contributed by atoms with Crippen molar-refractivity contribution in [1.82, 2.24) is 9.88 Å². The van der Waals surface area contributed by atoms with Gasteiger partial charge < -0.3 is 9.80 Å². The molecule has 0 aliphatic carbocycles. The van der Waals surface area contributed by atoms with E-state index < -0.39 is 10.0 Å². The lowest BCUT2D eigenvalue weighted by molar-refractivity contribution is 0.0746. The number of anilines is 2. The fraction of sp³-hybridized carbons (Fsp3) is 0.429. The van der Waals surface area contributed by atoms with Crippen molar-refractivity contribution in [2.75, 3.05) is 47.7 Å². The molecular weight excluding hydrogens is 388 g/mol. The number of carbonyl (C=O) groups is 1. The van der Waals surface area contributed by atoms with Crippen LogP contribution in [0.2, 0.25) is 0 Å². The number of hydrogen-bond acceptors (Lipinski definition) is 5. The van der Waals surface area contributed by atoms with Crippen LogP contribution in [0.5, 0.6) is 0 Å². The lowest BCUT2D eigenvalue weighted by atomic mass is 10.1. The zero-order valence-electron chi connectivity index (χ0n) is 16.6. The van der Waals surface area contributed by atoms with Gasteiger partial charge in [0, 0.05) is 44.5 Å². The number of sulfonamides is 1. The smallest absolute Gasteiger partial charge is 0.254 e. The van der Waals surface area contributed by atoms with Crippen molar-refractivity contribution in [2.24, 2.45) is 0 Å². The van der Waals surface area contributed by atoms with Crippen LogP contribution in [0.3, 0.4) is 0 Å².